The highest BCUT2D eigenvalue weighted by molar-refractivity contribution is 7.73. The average Bonchev–Trinajstić information content (AvgIpc) is 3.04. The van der Waals surface area contributed by atoms with Gasteiger partial charge in [-0.3, -0.25) is 20.0 Å². The van der Waals surface area contributed by atoms with Gasteiger partial charge >= 0.3 is 0 Å². The van der Waals surface area contributed by atoms with Crippen LogP contribution in [0, 0.1) is 9.87 Å². The molecule has 2 unspecified atom stereocenters. The maximum absolute atomic E-state index is 12.1. The van der Waals surface area contributed by atoms with Crippen LogP contribution in [0.2, 0.25) is 0 Å². The molecule has 0 bridgehead atoms. The van der Waals surface area contributed by atoms with Crippen LogP contribution >= 0.6 is 23.6 Å². The summed E-state index contributed by atoms with van der Waals surface area (Å²) in [5, 5.41) is 12.4. The number of carbonyl (C=O) groups is 2. The molecule has 2 amide bonds. The second kappa shape index (κ2) is 10.1. The van der Waals surface area contributed by atoms with Crippen molar-refractivity contribution >= 4 is 40.5 Å². The number of aromatic nitrogens is 2. The van der Waals surface area contributed by atoms with E-state index in [0.717, 1.165) is 6.42 Å². The number of amides is 2. The quantitative estimate of drug-likeness (QED) is 0.488. The van der Waals surface area contributed by atoms with Crippen LogP contribution in [0.1, 0.15) is 25.3 Å². The third kappa shape index (κ3) is 6.66. The Labute approximate surface area is 161 Å². The lowest BCUT2D eigenvalue weighted by Crippen LogP contribution is -2.41. The lowest BCUT2D eigenvalue weighted by Gasteiger charge is -2.18. The van der Waals surface area contributed by atoms with Crippen LogP contribution in [-0.4, -0.2) is 34.6 Å². The summed E-state index contributed by atoms with van der Waals surface area (Å²) in [6.07, 6.45) is 1.65. The third-order valence-corrected chi connectivity index (χ3v) is 4.99. The van der Waals surface area contributed by atoms with E-state index in [0.29, 0.717) is 28.5 Å². The van der Waals surface area contributed by atoms with Gasteiger partial charge in [0.2, 0.25) is 16.9 Å². The largest absolute Gasteiger partial charge is 0.356 e. The summed E-state index contributed by atoms with van der Waals surface area (Å²) in [5.41, 5.74) is 7.16. The third-order valence-electron chi connectivity index (χ3n) is 3.99. The van der Waals surface area contributed by atoms with Crippen LogP contribution in [0.15, 0.2) is 30.3 Å². The molecule has 140 valence electrons. The first kappa shape index (κ1) is 20.2. The van der Waals surface area contributed by atoms with Crippen molar-refractivity contribution in [3.8, 4) is 0 Å². The molecule has 0 fully saturated rings. The molecule has 1 aromatic carbocycles. The van der Waals surface area contributed by atoms with Crippen molar-refractivity contribution in [1.82, 2.24) is 15.5 Å². The molecule has 0 aliphatic heterocycles. The summed E-state index contributed by atoms with van der Waals surface area (Å²) in [4.78, 5) is 24.1. The van der Waals surface area contributed by atoms with Crippen LogP contribution in [0.5, 0.6) is 0 Å². The lowest BCUT2D eigenvalue weighted by atomic mass is 9.96. The van der Waals surface area contributed by atoms with Crippen LogP contribution in [-0.2, 0) is 16.0 Å². The maximum Gasteiger partial charge on any atom is 0.243 e. The molecule has 0 spiro atoms. The molecule has 5 N–H and O–H groups in total. The van der Waals surface area contributed by atoms with E-state index >= 15 is 0 Å². The topological polar surface area (TPSA) is 113 Å². The summed E-state index contributed by atoms with van der Waals surface area (Å²) < 4.78 is 0.481. The second-order valence-corrected chi connectivity index (χ2v) is 7.70. The van der Waals surface area contributed by atoms with E-state index in [2.05, 4.69) is 20.8 Å². The number of nitrogens with two attached hydrogens (primary N) is 1. The van der Waals surface area contributed by atoms with Gasteiger partial charge in [-0.2, -0.15) is 0 Å². The van der Waals surface area contributed by atoms with Crippen LogP contribution in [0.25, 0.3) is 0 Å². The minimum atomic E-state index is -0.718. The second-order valence-electron chi connectivity index (χ2n) is 6.03. The minimum Gasteiger partial charge on any atom is -0.356 e. The minimum absolute atomic E-state index is 0.0364. The zero-order valence-corrected chi connectivity index (χ0v) is 16.2. The molecule has 0 aliphatic carbocycles. The van der Waals surface area contributed by atoms with Gasteiger partial charge in [0.05, 0.1) is 6.04 Å². The van der Waals surface area contributed by atoms with E-state index in [1.54, 1.807) is 0 Å². The maximum atomic E-state index is 12.1. The lowest BCUT2D eigenvalue weighted by molar-refractivity contribution is -0.122. The number of benzene rings is 1. The monoisotopic (exact) mass is 393 g/mol. The SMILES string of the molecule is CC(CCC(=O)NCCc1ccccc1)C(N)C(=O)Nc1n[nH]c(=S)s1. The molecule has 0 saturated heterocycles. The number of H-pyrrole nitrogens is 1. The highest BCUT2D eigenvalue weighted by atomic mass is 32.1. The van der Waals surface area contributed by atoms with Gasteiger partial charge in [0, 0.05) is 13.0 Å². The van der Waals surface area contributed by atoms with E-state index in [1.807, 2.05) is 37.3 Å². The van der Waals surface area contributed by atoms with E-state index in [1.165, 1.54) is 16.9 Å². The predicted molar refractivity (Wildman–Crippen MR) is 105 cm³/mol. The number of nitrogens with one attached hydrogen (secondary N) is 3. The Morgan fingerprint density at radius 3 is 2.73 bits per heavy atom. The van der Waals surface area contributed by atoms with Crippen molar-refractivity contribution in [2.45, 2.75) is 32.2 Å². The normalized spacial score (nSPS) is 13.0. The van der Waals surface area contributed by atoms with E-state index in [4.69, 9.17) is 18.0 Å². The van der Waals surface area contributed by atoms with Crippen molar-refractivity contribution in [2.24, 2.45) is 11.7 Å². The average molecular weight is 394 g/mol. The number of aromatic amines is 1. The first-order valence-corrected chi connectivity index (χ1v) is 9.60. The zero-order chi connectivity index (χ0) is 18.9. The summed E-state index contributed by atoms with van der Waals surface area (Å²) in [5.74, 6) is -0.507. The molecule has 0 radical (unpaired) electrons. The van der Waals surface area contributed by atoms with E-state index in [-0.39, 0.29) is 17.7 Å². The Bertz CT molecular complexity index is 775. The van der Waals surface area contributed by atoms with Gasteiger partial charge in [-0.15, -0.1) is 5.10 Å². The molecule has 1 heterocycles. The van der Waals surface area contributed by atoms with Crippen LogP contribution in [0.4, 0.5) is 5.13 Å². The molecule has 2 aromatic rings. The number of hydrogen-bond donors (Lipinski definition) is 4. The van der Waals surface area contributed by atoms with Crippen LogP contribution < -0.4 is 16.4 Å². The number of nitrogens with zero attached hydrogens (tertiary/aromatic N) is 1. The molecular formula is C17H23N5O2S2. The highest BCUT2D eigenvalue weighted by Crippen LogP contribution is 2.14. The first-order chi connectivity index (χ1) is 12.5. The fourth-order valence-electron chi connectivity index (χ4n) is 2.35. The fraction of sp³-hybridized carbons (Fsp3) is 0.412. The van der Waals surface area contributed by atoms with Gasteiger partial charge in [-0.25, -0.2) is 0 Å². The molecule has 7 nitrogen and oxygen atoms in total. The number of anilines is 1. The molecule has 26 heavy (non-hydrogen) atoms. The van der Waals surface area contributed by atoms with Crippen LogP contribution in [0.3, 0.4) is 0 Å². The van der Waals surface area contributed by atoms with Gasteiger partial charge in [-0.1, -0.05) is 48.6 Å². The van der Waals surface area contributed by atoms with Crippen molar-refractivity contribution in [3.05, 3.63) is 39.8 Å². The van der Waals surface area contributed by atoms with Crippen molar-refractivity contribution in [3.63, 3.8) is 0 Å². The molecule has 1 aromatic heterocycles. The smallest absolute Gasteiger partial charge is 0.243 e. The van der Waals surface area contributed by atoms with E-state index in [9.17, 15) is 9.59 Å². The molecule has 2 rings (SSSR count). The Hall–Kier alpha value is -2.10. The van der Waals surface area contributed by atoms with Gasteiger partial charge < -0.3 is 11.1 Å². The molecule has 9 heteroatoms. The fourth-order valence-corrected chi connectivity index (χ4v) is 3.14. The number of hydrogen-bond acceptors (Lipinski definition) is 6. The van der Waals surface area contributed by atoms with Gasteiger partial charge in [0.25, 0.3) is 0 Å². The highest BCUT2D eigenvalue weighted by Gasteiger charge is 2.22. The summed E-state index contributed by atoms with van der Waals surface area (Å²) in [6, 6.07) is 9.26. The summed E-state index contributed by atoms with van der Waals surface area (Å²) in [7, 11) is 0. The first-order valence-electron chi connectivity index (χ1n) is 8.38. The molecule has 0 aliphatic rings. The zero-order valence-electron chi connectivity index (χ0n) is 14.5. The predicted octanol–water partition coefficient (Wildman–Crippen LogP) is 2.24. The van der Waals surface area contributed by atoms with Gasteiger partial charge in [0.1, 0.15) is 0 Å². The van der Waals surface area contributed by atoms with Crippen molar-refractivity contribution in [1.29, 1.82) is 0 Å². The Kier molecular flexibility index (Phi) is 7.89. The van der Waals surface area contributed by atoms with Gasteiger partial charge in [-0.05, 0) is 36.5 Å². The standard InChI is InChI=1S/C17H23N5O2S2/c1-11(14(18)15(24)20-16-21-22-17(25)26-16)7-8-13(23)19-10-9-12-5-3-2-4-6-12/h2-6,11,14H,7-10,18H2,1H3,(H,19,23)(H,22,25)(H,20,21,24). The molecule has 0 saturated carbocycles. The van der Waals surface area contributed by atoms with E-state index < -0.39 is 6.04 Å². The van der Waals surface area contributed by atoms with Gasteiger partial charge in [0.15, 0.2) is 3.95 Å². The van der Waals surface area contributed by atoms with Crippen molar-refractivity contribution in [2.75, 3.05) is 11.9 Å². The molecular weight excluding hydrogens is 370 g/mol. The summed E-state index contributed by atoms with van der Waals surface area (Å²) >= 11 is 6.08. The number of carbonyl (C=O) groups excluding carboxylic acids is 2. The summed E-state index contributed by atoms with van der Waals surface area (Å²) in [6.45, 7) is 2.45. The Morgan fingerprint density at radius 1 is 1.35 bits per heavy atom. The Morgan fingerprint density at radius 2 is 2.08 bits per heavy atom. The van der Waals surface area contributed by atoms with Crippen molar-refractivity contribution < 1.29 is 9.59 Å². The molecule has 2 atom stereocenters. The Balaban J connectivity index is 1.67. The number of rotatable bonds is 9.